The van der Waals surface area contributed by atoms with Gasteiger partial charge in [0.15, 0.2) is 0 Å². The number of rotatable bonds is 3. The molecule has 3 heteroatoms. The van der Waals surface area contributed by atoms with E-state index in [4.69, 9.17) is 5.73 Å². The molecular weight excluding hydrogens is 348 g/mol. The highest BCUT2D eigenvalue weighted by Crippen LogP contribution is 2.38. The highest BCUT2D eigenvalue weighted by Gasteiger charge is 2.08. The van der Waals surface area contributed by atoms with Crippen LogP contribution in [0.4, 0.5) is 0 Å². The molecule has 0 atom stereocenters. The third kappa shape index (κ3) is 2.86. The van der Waals surface area contributed by atoms with Crippen LogP contribution in [-0.2, 0) is 6.54 Å². The first-order valence-electron chi connectivity index (χ1n) is 8.98. The second kappa shape index (κ2) is 6.53. The lowest BCUT2D eigenvalue weighted by Gasteiger charge is -2.05. The van der Waals surface area contributed by atoms with Crippen molar-refractivity contribution in [2.24, 2.45) is 10.7 Å². The first kappa shape index (κ1) is 16.0. The molecule has 1 heterocycles. The quantitative estimate of drug-likeness (QED) is 0.303. The molecule has 0 aliphatic rings. The normalized spacial score (nSPS) is 12.2. The fraction of sp³-hybridized carbons (Fsp3) is 0.0417. The van der Waals surface area contributed by atoms with Crippen molar-refractivity contribution in [3.05, 3.63) is 96.1 Å². The predicted octanol–water partition coefficient (Wildman–Crippen LogP) is 6.11. The van der Waals surface area contributed by atoms with Gasteiger partial charge in [-0.05, 0) is 28.5 Å². The highest BCUT2D eigenvalue weighted by atomic mass is 32.1. The van der Waals surface area contributed by atoms with Crippen LogP contribution in [0.5, 0.6) is 0 Å². The van der Waals surface area contributed by atoms with Crippen LogP contribution in [0.25, 0.3) is 30.9 Å². The Labute approximate surface area is 161 Å². The predicted molar refractivity (Wildman–Crippen MR) is 118 cm³/mol. The third-order valence-electron chi connectivity index (χ3n) is 4.93. The lowest BCUT2D eigenvalue weighted by Crippen LogP contribution is -2.13. The average Bonchev–Trinajstić information content (AvgIpc) is 3.12. The number of aliphatic imine (C=N–C) groups is 1. The van der Waals surface area contributed by atoms with Crippen LogP contribution in [0.15, 0.2) is 89.9 Å². The Kier molecular flexibility index (Phi) is 3.88. The molecule has 5 aromatic rings. The number of hydrogen-bond donors (Lipinski definition) is 1. The summed E-state index contributed by atoms with van der Waals surface area (Å²) in [5.41, 5.74) is 8.28. The summed E-state index contributed by atoms with van der Waals surface area (Å²) >= 11 is 1.86. The molecule has 0 saturated heterocycles. The van der Waals surface area contributed by atoms with E-state index in [0.717, 1.165) is 5.56 Å². The summed E-state index contributed by atoms with van der Waals surface area (Å²) < 4.78 is 2.67. The maximum Gasteiger partial charge on any atom is 0.125 e. The summed E-state index contributed by atoms with van der Waals surface area (Å²) in [6, 6.07) is 29.6. The lowest BCUT2D eigenvalue weighted by atomic mass is 10.0. The maximum absolute atomic E-state index is 6.15. The number of amidine groups is 1. The smallest absolute Gasteiger partial charge is 0.125 e. The topological polar surface area (TPSA) is 38.4 Å². The van der Waals surface area contributed by atoms with Crippen molar-refractivity contribution >= 4 is 48.1 Å². The van der Waals surface area contributed by atoms with Crippen LogP contribution in [0.2, 0.25) is 0 Å². The molecule has 0 spiro atoms. The summed E-state index contributed by atoms with van der Waals surface area (Å²) in [5.74, 6) is 0.579. The van der Waals surface area contributed by atoms with Gasteiger partial charge in [0.25, 0.3) is 0 Å². The maximum atomic E-state index is 6.15. The summed E-state index contributed by atoms with van der Waals surface area (Å²) in [6.07, 6.45) is 0. The summed E-state index contributed by atoms with van der Waals surface area (Å²) in [6.45, 7) is 0.581. The van der Waals surface area contributed by atoms with Crippen molar-refractivity contribution in [3.8, 4) is 0 Å². The third-order valence-corrected chi connectivity index (χ3v) is 6.15. The molecule has 0 amide bonds. The first-order valence-corrected chi connectivity index (χ1v) is 9.79. The minimum atomic E-state index is 0.579. The molecule has 0 bridgehead atoms. The second-order valence-corrected chi connectivity index (χ2v) is 7.72. The van der Waals surface area contributed by atoms with Gasteiger partial charge in [0.1, 0.15) is 5.84 Å². The van der Waals surface area contributed by atoms with E-state index in [2.05, 4.69) is 59.6 Å². The van der Waals surface area contributed by atoms with Crippen LogP contribution in [0.1, 0.15) is 11.1 Å². The second-order valence-electron chi connectivity index (χ2n) is 6.66. The fourth-order valence-electron chi connectivity index (χ4n) is 3.52. The molecule has 5 rings (SSSR count). The lowest BCUT2D eigenvalue weighted by molar-refractivity contribution is 1.07. The van der Waals surface area contributed by atoms with Crippen LogP contribution < -0.4 is 5.73 Å². The SMILES string of the molecule is NC(=NCc1ccc2ccc3c4ccccc4sc3c2c1)c1ccccc1. The van der Waals surface area contributed by atoms with Crippen LogP contribution >= 0.6 is 11.3 Å². The van der Waals surface area contributed by atoms with E-state index in [1.807, 2.05) is 41.7 Å². The van der Waals surface area contributed by atoms with Gasteiger partial charge in [0, 0.05) is 25.7 Å². The standard InChI is InChI=1S/C24H18N2S/c25-24(18-6-2-1-3-7-18)26-15-16-10-11-17-12-13-20-19-8-4-5-9-22(19)27-23(20)21(17)14-16/h1-14H,15H2,(H2,25,26). The molecular formula is C24H18N2S. The largest absolute Gasteiger partial charge is 0.383 e. The molecule has 0 aliphatic heterocycles. The molecule has 0 fully saturated rings. The zero-order valence-corrected chi connectivity index (χ0v) is 15.5. The molecule has 0 saturated carbocycles. The van der Waals surface area contributed by atoms with Crippen LogP contribution in [0.3, 0.4) is 0 Å². The fourth-order valence-corrected chi connectivity index (χ4v) is 4.75. The number of nitrogens with two attached hydrogens (primary N) is 1. The van der Waals surface area contributed by atoms with E-state index < -0.39 is 0 Å². The molecule has 130 valence electrons. The monoisotopic (exact) mass is 366 g/mol. The molecule has 2 nitrogen and oxygen atoms in total. The highest BCUT2D eigenvalue weighted by molar-refractivity contribution is 7.26. The molecule has 0 radical (unpaired) electrons. The number of hydrogen-bond acceptors (Lipinski definition) is 2. The molecule has 27 heavy (non-hydrogen) atoms. The Morgan fingerprint density at radius 2 is 1.56 bits per heavy atom. The summed E-state index contributed by atoms with van der Waals surface area (Å²) in [5, 5.41) is 5.21. The minimum absolute atomic E-state index is 0.579. The van der Waals surface area contributed by atoms with Gasteiger partial charge in [-0.3, -0.25) is 4.99 Å². The number of fused-ring (bicyclic) bond motifs is 5. The van der Waals surface area contributed by atoms with E-state index in [-0.39, 0.29) is 0 Å². The van der Waals surface area contributed by atoms with E-state index in [9.17, 15) is 0 Å². The number of benzene rings is 4. The van der Waals surface area contributed by atoms with Gasteiger partial charge in [0.2, 0.25) is 0 Å². The Bertz CT molecular complexity index is 1300. The van der Waals surface area contributed by atoms with Crippen molar-refractivity contribution in [2.45, 2.75) is 6.54 Å². The van der Waals surface area contributed by atoms with Gasteiger partial charge < -0.3 is 5.73 Å². The van der Waals surface area contributed by atoms with E-state index in [1.54, 1.807) is 0 Å². The van der Waals surface area contributed by atoms with Crippen molar-refractivity contribution in [2.75, 3.05) is 0 Å². The van der Waals surface area contributed by atoms with Gasteiger partial charge >= 0.3 is 0 Å². The Balaban J connectivity index is 1.59. The summed E-state index contributed by atoms with van der Waals surface area (Å²) in [4.78, 5) is 4.59. The van der Waals surface area contributed by atoms with Gasteiger partial charge in [-0.25, -0.2) is 0 Å². The van der Waals surface area contributed by atoms with Crippen molar-refractivity contribution < 1.29 is 0 Å². The number of nitrogens with zero attached hydrogens (tertiary/aromatic N) is 1. The van der Waals surface area contributed by atoms with Gasteiger partial charge in [-0.1, -0.05) is 72.8 Å². The zero-order valence-electron chi connectivity index (χ0n) is 14.7. The van der Waals surface area contributed by atoms with Gasteiger partial charge in [-0.2, -0.15) is 0 Å². The molecule has 0 aliphatic carbocycles. The molecule has 2 N–H and O–H groups in total. The Morgan fingerprint density at radius 1 is 0.778 bits per heavy atom. The van der Waals surface area contributed by atoms with Crippen molar-refractivity contribution in [1.82, 2.24) is 0 Å². The van der Waals surface area contributed by atoms with Crippen molar-refractivity contribution in [3.63, 3.8) is 0 Å². The van der Waals surface area contributed by atoms with E-state index >= 15 is 0 Å². The van der Waals surface area contributed by atoms with Crippen LogP contribution in [0, 0.1) is 0 Å². The van der Waals surface area contributed by atoms with E-state index in [0.29, 0.717) is 12.4 Å². The van der Waals surface area contributed by atoms with Gasteiger partial charge in [-0.15, -0.1) is 11.3 Å². The molecule has 1 aromatic heterocycles. The van der Waals surface area contributed by atoms with Crippen molar-refractivity contribution in [1.29, 1.82) is 0 Å². The zero-order chi connectivity index (χ0) is 18.2. The summed E-state index contributed by atoms with van der Waals surface area (Å²) in [7, 11) is 0. The Morgan fingerprint density at radius 3 is 2.44 bits per heavy atom. The minimum Gasteiger partial charge on any atom is -0.383 e. The van der Waals surface area contributed by atoms with Crippen LogP contribution in [-0.4, -0.2) is 5.84 Å². The molecule has 0 unspecified atom stereocenters. The molecule has 4 aromatic carbocycles. The first-order chi connectivity index (χ1) is 13.3. The number of thiophene rings is 1. The van der Waals surface area contributed by atoms with Gasteiger partial charge in [0.05, 0.1) is 6.54 Å². The van der Waals surface area contributed by atoms with E-state index in [1.165, 1.54) is 36.5 Å². The average molecular weight is 366 g/mol. The Hall–Kier alpha value is -3.17.